The minimum Gasteiger partial charge on any atom is -0.345 e. The molecule has 0 bridgehead atoms. The minimum atomic E-state index is -0.540. The molecule has 2 N–H and O–H groups in total. The van der Waals surface area contributed by atoms with Crippen LogP contribution in [-0.4, -0.2) is 38.4 Å². The first kappa shape index (κ1) is 18.4. The summed E-state index contributed by atoms with van der Waals surface area (Å²) in [6, 6.07) is 10.8. The number of H-pyrrole nitrogens is 1. The average molecular weight is 389 g/mol. The van der Waals surface area contributed by atoms with E-state index in [4.69, 9.17) is 11.6 Å². The van der Waals surface area contributed by atoms with Crippen molar-refractivity contribution < 1.29 is 9.59 Å². The third kappa shape index (κ3) is 4.83. The SMILES string of the molecule is CC(=O)[C@H](Cc1ccccc1)NC(=O)CSc1nc2ncc(Cl)cc2[nH]1. The smallest absolute Gasteiger partial charge is 0.231 e. The molecule has 1 atom stereocenters. The Balaban J connectivity index is 1.58. The van der Waals surface area contributed by atoms with E-state index in [-0.39, 0.29) is 17.4 Å². The number of Topliss-reactive ketones (excluding diaryl/α,β-unsaturated/α-hetero) is 1. The van der Waals surface area contributed by atoms with Crippen LogP contribution in [0, 0.1) is 0 Å². The molecule has 0 saturated heterocycles. The van der Waals surface area contributed by atoms with Gasteiger partial charge in [0.2, 0.25) is 5.91 Å². The summed E-state index contributed by atoms with van der Waals surface area (Å²) < 4.78 is 0. The number of nitrogens with zero attached hydrogens (tertiary/aromatic N) is 2. The zero-order chi connectivity index (χ0) is 18.5. The van der Waals surface area contributed by atoms with Crippen molar-refractivity contribution >= 4 is 46.2 Å². The highest BCUT2D eigenvalue weighted by atomic mass is 35.5. The van der Waals surface area contributed by atoms with Crippen molar-refractivity contribution in [3.05, 3.63) is 53.2 Å². The van der Waals surface area contributed by atoms with E-state index < -0.39 is 6.04 Å². The number of amides is 1. The van der Waals surface area contributed by atoms with Crippen molar-refractivity contribution in [3.8, 4) is 0 Å². The molecule has 6 nitrogen and oxygen atoms in total. The molecule has 0 radical (unpaired) electrons. The molecule has 134 valence electrons. The first-order chi connectivity index (χ1) is 12.5. The van der Waals surface area contributed by atoms with Crippen LogP contribution >= 0.6 is 23.4 Å². The summed E-state index contributed by atoms with van der Waals surface area (Å²) >= 11 is 7.14. The summed E-state index contributed by atoms with van der Waals surface area (Å²) in [6.07, 6.45) is 1.99. The Morgan fingerprint density at radius 1 is 1.31 bits per heavy atom. The molecule has 0 aliphatic rings. The summed E-state index contributed by atoms with van der Waals surface area (Å²) in [6.45, 7) is 1.48. The van der Waals surface area contributed by atoms with Crippen molar-refractivity contribution in [3.63, 3.8) is 0 Å². The highest BCUT2D eigenvalue weighted by Gasteiger charge is 2.18. The predicted molar refractivity (Wildman–Crippen MR) is 102 cm³/mol. The van der Waals surface area contributed by atoms with Crippen LogP contribution in [0.1, 0.15) is 12.5 Å². The van der Waals surface area contributed by atoms with Crippen LogP contribution in [-0.2, 0) is 16.0 Å². The van der Waals surface area contributed by atoms with Gasteiger partial charge in [-0.2, -0.15) is 0 Å². The summed E-state index contributed by atoms with van der Waals surface area (Å²) in [4.78, 5) is 35.6. The molecule has 3 rings (SSSR count). The van der Waals surface area contributed by atoms with Crippen molar-refractivity contribution in [1.29, 1.82) is 0 Å². The number of thioether (sulfide) groups is 1. The summed E-state index contributed by atoms with van der Waals surface area (Å²) in [5.74, 6) is -0.154. The number of hydrogen-bond donors (Lipinski definition) is 2. The zero-order valence-electron chi connectivity index (χ0n) is 14.0. The Morgan fingerprint density at radius 3 is 2.81 bits per heavy atom. The molecule has 0 aliphatic carbocycles. The number of rotatable bonds is 7. The van der Waals surface area contributed by atoms with E-state index in [1.807, 2.05) is 30.3 Å². The molecule has 0 spiro atoms. The summed E-state index contributed by atoms with van der Waals surface area (Å²) in [5.41, 5.74) is 2.26. The number of hydrogen-bond acceptors (Lipinski definition) is 5. The molecule has 0 aliphatic heterocycles. The van der Waals surface area contributed by atoms with Crippen LogP contribution in [0.2, 0.25) is 5.02 Å². The highest BCUT2D eigenvalue weighted by Crippen LogP contribution is 2.20. The topological polar surface area (TPSA) is 87.7 Å². The third-order valence-electron chi connectivity index (χ3n) is 3.73. The molecule has 0 saturated carbocycles. The monoisotopic (exact) mass is 388 g/mol. The molecule has 2 aromatic heterocycles. The normalized spacial score (nSPS) is 12.1. The molecular weight excluding hydrogens is 372 g/mol. The van der Waals surface area contributed by atoms with Gasteiger partial charge in [0, 0.05) is 6.20 Å². The quantitative estimate of drug-likeness (QED) is 0.607. The van der Waals surface area contributed by atoms with E-state index >= 15 is 0 Å². The van der Waals surface area contributed by atoms with Crippen LogP contribution < -0.4 is 5.32 Å². The lowest BCUT2D eigenvalue weighted by molar-refractivity contribution is -0.125. The summed E-state index contributed by atoms with van der Waals surface area (Å²) in [7, 11) is 0. The maximum Gasteiger partial charge on any atom is 0.231 e. The van der Waals surface area contributed by atoms with Crippen LogP contribution in [0.15, 0.2) is 47.8 Å². The fourth-order valence-corrected chi connectivity index (χ4v) is 3.28. The van der Waals surface area contributed by atoms with Crippen LogP contribution in [0.25, 0.3) is 11.2 Å². The lowest BCUT2D eigenvalue weighted by atomic mass is 10.0. The first-order valence-corrected chi connectivity index (χ1v) is 9.35. The maximum atomic E-state index is 12.2. The Bertz CT molecular complexity index is 929. The molecule has 2 heterocycles. The predicted octanol–water partition coefficient (Wildman–Crippen LogP) is 3.02. The molecule has 3 aromatic rings. The standard InChI is InChI=1S/C18H17ClN4O2S/c1-11(24)14(7-12-5-3-2-4-6-12)21-16(25)10-26-18-22-15-8-13(19)9-20-17(15)23-18/h2-6,8-9,14H,7,10H2,1H3,(H,21,25)(H,20,22,23)/t14-/m0/s1. The van der Waals surface area contributed by atoms with E-state index in [1.165, 1.54) is 24.9 Å². The fraction of sp³-hybridized carbons (Fsp3) is 0.222. The molecule has 8 heteroatoms. The van der Waals surface area contributed by atoms with E-state index in [2.05, 4.69) is 20.3 Å². The van der Waals surface area contributed by atoms with E-state index in [0.717, 1.165) is 5.56 Å². The van der Waals surface area contributed by atoms with Gasteiger partial charge in [-0.1, -0.05) is 53.7 Å². The third-order valence-corrected chi connectivity index (χ3v) is 4.81. The molecular formula is C18H17ClN4O2S. The van der Waals surface area contributed by atoms with Gasteiger partial charge >= 0.3 is 0 Å². The van der Waals surface area contributed by atoms with Gasteiger partial charge in [0.25, 0.3) is 0 Å². The highest BCUT2D eigenvalue weighted by molar-refractivity contribution is 7.99. The molecule has 0 unspecified atom stereocenters. The number of nitrogens with one attached hydrogen (secondary N) is 2. The van der Waals surface area contributed by atoms with Crippen LogP contribution in [0.3, 0.4) is 0 Å². The van der Waals surface area contributed by atoms with Crippen LogP contribution in [0.5, 0.6) is 0 Å². The van der Waals surface area contributed by atoms with Gasteiger partial charge in [-0.15, -0.1) is 0 Å². The van der Waals surface area contributed by atoms with Crippen LogP contribution in [0.4, 0.5) is 0 Å². The fourth-order valence-electron chi connectivity index (χ4n) is 2.44. The van der Waals surface area contributed by atoms with Gasteiger partial charge in [0.15, 0.2) is 16.6 Å². The first-order valence-electron chi connectivity index (χ1n) is 7.99. The minimum absolute atomic E-state index is 0.0743. The number of benzene rings is 1. The molecule has 1 amide bonds. The van der Waals surface area contributed by atoms with Crippen molar-refractivity contribution in [2.24, 2.45) is 0 Å². The number of imidazole rings is 1. The van der Waals surface area contributed by atoms with E-state index in [0.29, 0.717) is 27.8 Å². The van der Waals surface area contributed by atoms with E-state index in [9.17, 15) is 9.59 Å². The Kier molecular flexibility index (Phi) is 5.90. The van der Waals surface area contributed by atoms with Gasteiger partial charge in [-0.25, -0.2) is 9.97 Å². The van der Waals surface area contributed by atoms with Gasteiger partial charge in [0.05, 0.1) is 22.3 Å². The molecule has 1 aromatic carbocycles. The van der Waals surface area contributed by atoms with Crippen molar-refractivity contribution in [2.45, 2.75) is 24.5 Å². The second-order valence-corrected chi connectivity index (χ2v) is 7.18. The number of ketones is 1. The van der Waals surface area contributed by atoms with Gasteiger partial charge in [0.1, 0.15) is 0 Å². The average Bonchev–Trinajstić information content (AvgIpc) is 3.02. The largest absolute Gasteiger partial charge is 0.345 e. The van der Waals surface area contributed by atoms with Gasteiger partial charge < -0.3 is 10.3 Å². The summed E-state index contributed by atoms with van der Waals surface area (Å²) in [5, 5.41) is 3.88. The molecule has 0 fully saturated rings. The Morgan fingerprint density at radius 2 is 2.08 bits per heavy atom. The zero-order valence-corrected chi connectivity index (χ0v) is 15.6. The number of aromatic nitrogens is 3. The Hall–Kier alpha value is -2.38. The maximum absolute atomic E-state index is 12.2. The number of carbonyl (C=O) groups is 2. The lowest BCUT2D eigenvalue weighted by Gasteiger charge is -2.15. The number of aromatic amines is 1. The van der Waals surface area contributed by atoms with Crippen molar-refractivity contribution in [2.75, 3.05) is 5.75 Å². The number of pyridine rings is 1. The lowest BCUT2D eigenvalue weighted by Crippen LogP contribution is -2.42. The number of carbonyl (C=O) groups excluding carboxylic acids is 2. The second-order valence-electron chi connectivity index (χ2n) is 5.78. The number of fused-ring (bicyclic) bond motifs is 1. The van der Waals surface area contributed by atoms with Gasteiger partial charge in [-0.3, -0.25) is 9.59 Å². The van der Waals surface area contributed by atoms with Crippen molar-refractivity contribution in [1.82, 2.24) is 20.3 Å². The number of halogens is 1. The second kappa shape index (κ2) is 8.33. The Labute approximate surface area is 159 Å². The van der Waals surface area contributed by atoms with Gasteiger partial charge in [-0.05, 0) is 25.0 Å². The van der Waals surface area contributed by atoms with E-state index in [1.54, 1.807) is 6.07 Å². The molecule has 26 heavy (non-hydrogen) atoms.